The molecule has 1 aromatic carbocycles. The highest BCUT2D eigenvalue weighted by atomic mass is 35.5. The monoisotopic (exact) mass is 407 g/mol. The molecule has 0 amide bonds. The summed E-state index contributed by atoms with van der Waals surface area (Å²) in [6.45, 7) is 10.0. The number of halogens is 1. The summed E-state index contributed by atoms with van der Waals surface area (Å²) in [4.78, 5) is 8.98. The van der Waals surface area contributed by atoms with Gasteiger partial charge in [0.15, 0.2) is 5.96 Å². The van der Waals surface area contributed by atoms with E-state index in [-0.39, 0.29) is 0 Å². The average Bonchev–Trinajstić information content (AvgIpc) is 3.13. The third kappa shape index (κ3) is 8.27. The van der Waals surface area contributed by atoms with E-state index in [2.05, 4.69) is 39.6 Å². The fraction of sp³-hybridized carbons (Fsp3) is 0.550. The molecule has 0 bridgehead atoms. The standard InChI is InChI=1S/C20H30ClN5O2/c1-4-22-20(23-10-6-12-27-14-15(2)3)24-11-9-18-25-19(26-28-18)16-7-5-8-17(21)13-16/h5,7-8,13,15H,4,6,9-12,14H2,1-3H3,(H2,22,23,24). The molecule has 0 spiro atoms. The number of rotatable bonds is 11. The van der Waals surface area contributed by atoms with Crippen molar-refractivity contribution in [3.8, 4) is 11.4 Å². The van der Waals surface area contributed by atoms with Crippen molar-refractivity contribution in [1.82, 2.24) is 20.8 Å². The van der Waals surface area contributed by atoms with Crippen LogP contribution >= 0.6 is 11.6 Å². The lowest BCUT2D eigenvalue weighted by atomic mass is 10.2. The molecule has 1 heterocycles. The van der Waals surface area contributed by atoms with Crippen LogP contribution in [0.25, 0.3) is 11.4 Å². The molecule has 0 aliphatic carbocycles. The molecule has 0 aliphatic rings. The number of hydrogen-bond donors (Lipinski definition) is 2. The lowest BCUT2D eigenvalue weighted by molar-refractivity contribution is 0.109. The predicted octanol–water partition coefficient (Wildman–Crippen LogP) is 3.55. The summed E-state index contributed by atoms with van der Waals surface area (Å²) in [7, 11) is 0. The molecule has 2 N–H and O–H groups in total. The van der Waals surface area contributed by atoms with Crippen molar-refractivity contribution in [2.45, 2.75) is 33.6 Å². The molecule has 7 nitrogen and oxygen atoms in total. The Morgan fingerprint density at radius 2 is 2.18 bits per heavy atom. The van der Waals surface area contributed by atoms with Crippen molar-refractivity contribution in [3.05, 3.63) is 35.2 Å². The third-order valence-electron chi connectivity index (χ3n) is 3.69. The first-order chi connectivity index (χ1) is 13.6. The quantitative estimate of drug-likeness (QED) is 0.336. The van der Waals surface area contributed by atoms with Crippen LogP contribution in [0, 0.1) is 5.92 Å². The number of benzene rings is 1. The van der Waals surface area contributed by atoms with Crippen LogP contribution in [0.1, 0.15) is 33.1 Å². The topological polar surface area (TPSA) is 84.6 Å². The van der Waals surface area contributed by atoms with Crippen LogP contribution in [0.3, 0.4) is 0 Å². The molecule has 0 fully saturated rings. The summed E-state index contributed by atoms with van der Waals surface area (Å²) >= 11 is 6.01. The Hall–Kier alpha value is -2.12. The maximum atomic E-state index is 6.01. The van der Waals surface area contributed by atoms with Crippen LogP contribution in [0.4, 0.5) is 0 Å². The Morgan fingerprint density at radius 3 is 2.93 bits per heavy atom. The maximum absolute atomic E-state index is 6.01. The van der Waals surface area contributed by atoms with Gasteiger partial charge in [0.2, 0.25) is 11.7 Å². The lowest BCUT2D eigenvalue weighted by Gasteiger charge is -2.10. The first-order valence-electron chi connectivity index (χ1n) is 9.77. The molecule has 0 saturated carbocycles. The average molecular weight is 408 g/mol. The largest absolute Gasteiger partial charge is 0.381 e. The van der Waals surface area contributed by atoms with Crippen molar-refractivity contribution < 1.29 is 9.26 Å². The first kappa shape index (κ1) is 22.2. The van der Waals surface area contributed by atoms with Gasteiger partial charge < -0.3 is 19.9 Å². The molecular formula is C20H30ClN5O2. The zero-order chi connectivity index (χ0) is 20.2. The lowest BCUT2D eigenvalue weighted by Crippen LogP contribution is -2.38. The maximum Gasteiger partial charge on any atom is 0.228 e. The molecular weight excluding hydrogens is 378 g/mol. The minimum absolute atomic E-state index is 0.541. The van der Waals surface area contributed by atoms with Crippen molar-refractivity contribution in [3.63, 3.8) is 0 Å². The Balaban J connectivity index is 1.75. The molecule has 8 heteroatoms. The number of ether oxygens (including phenoxy) is 1. The summed E-state index contributed by atoms with van der Waals surface area (Å²) in [5.74, 6) is 2.45. The van der Waals surface area contributed by atoms with E-state index in [9.17, 15) is 0 Å². The van der Waals surface area contributed by atoms with E-state index in [0.29, 0.717) is 42.2 Å². The second-order valence-electron chi connectivity index (χ2n) is 6.78. The highest BCUT2D eigenvalue weighted by Crippen LogP contribution is 2.19. The van der Waals surface area contributed by atoms with Crippen molar-refractivity contribution in [1.29, 1.82) is 0 Å². The second-order valence-corrected chi connectivity index (χ2v) is 7.22. The van der Waals surface area contributed by atoms with Gasteiger partial charge in [0.05, 0.1) is 0 Å². The molecule has 154 valence electrons. The molecule has 2 rings (SSSR count). The van der Waals surface area contributed by atoms with Gasteiger partial charge in [-0.2, -0.15) is 4.98 Å². The Kier molecular flexibility index (Phi) is 9.79. The molecule has 0 saturated heterocycles. The van der Waals surface area contributed by atoms with Crippen molar-refractivity contribution in [2.24, 2.45) is 10.9 Å². The van der Waals surface area contributed by atoms with Crippen LogP contribution in [-0.2, 0) is 11.2 Å². The molecule has 1 aromatic heterocycles. The van der Waals surface area contributed by atoms with E-state index in [0.717, 1.165) is 37.7 Å². The molecule has 0 aliphatic heterocycles. The van der Waals surface area contributed by atoms with Gasteiger partial charge in [-0.3, -0.25) is 4.99 Å². The summed E-state index contributed by atoms with van der Waals surface area (Å²) in [6, 6.07) is 7.39. The molecule has 0 radical (unpaired) electrons. The van der Waals surface area contributed by atoms with Gasteiger partial charge in [-0.05, 0) is 31.4 Å². The van der Waals surface area contributed by atoms with Gasteiger partial charge in [0.25, 0.3) is 0 Å². The van der Waals surface area contributed by atoms with E-state index >= 15 is 0 Å². The number of hydrogen-bond acceptors (Lipinski definition) is 5. The molecule has 28 heavy (non-hydrogen) atoms. The number of nitrogens with zero attached hydrogens (tertiary/aromatic N) is 3. The third-order valence-corrected chi connectivity index (χ3v) is 3.93. The van der Waals surface area contributed by atoms with Crippen LogP contribution in [0.5, 0.6) is 0 Å². The van der Waals surface area contributed by atoms with E-state index in [1.807, 2.05) is 31.2 Å². The van der Waals surface area contributed by atoms with Gasteiger partial charge in [-0.25, -0.2) is 0 Å². The smallest absolute Gasteiger partial charge is 0.228 e. The van der Waals surface area contributed by atoms with Crippen molar-refractivity contribution >= 4 is 17.6 Å². The van der Waals surface area contributed by atoms with Crippen molar-refractivity contribution in [2.75, 3.05) is 32.8 Å². The number of aromatic nitrogens is 2. The van der Waals surface area contributed by atoms with Gasteiger partial charge >= 0.3 is 0 Å². The van der Waals surface area contributed by atoms with Crippen LogP contribution in [0.2, 0.25) is 5.02 Å². The fourth-order valence-corrected chi connectivity index (χ4v) is 2.60. The Labute approximate surface area is 171 Å². The SMILES string of the molecule is CCNC(=NCCCOCC(C)C)NCCc1nc(-c2cccc(Cl)c2)no1. The zero-order valence-electron chi connectivity index (χ0n) is 16.9. The Morgan fingerprint density at radius 1 is 1.32 bits per heavy atom. The fourth-order valence-electron chi connectivity index (χ4n) is 2.41. The summed E-state index contributed by atoms with van der Waals surface area (Å²) < 4.78 is 10.9. The molecule has 2 aromatic rings. The van der Waals surface area contributed by atoms with Gasteiger partial charge in [0.1, 0.15) is 0 Å². The Bertz CT molecular complexity index is 733. The highest BCUT2D eigenvalue weighted by molar-refractivity contribution is 6.30. The van der Waals surface area contributed by atoms with E-state index in [1.165, 1.54) is 0 Å². The summed E-state index contributed by atoms with van der Waals surface area (Å²) in [5.41, 5.74) is 0.838. The molecule has 0 atom stereocenters. The van der Waals surface area contributed by atoms with Gasteiger partial charge in [-0.15, -0.1) is 0 Å². The number of aliphatic imine (C=N–C) groups is 1. The van der Waals surface area contributed by atoms with Crippen LogP contribution in [-0.4, -0.2) is 48.9 Å². The number of guanidine groups is 1. The number of nitrogens with one attached hydrogen (secondary N) is 2. The second kappa shape index (κ2) is 12.4. The zero-order valence-corrected chi connectivity index (χ0v) is 17.6. The summed E-state index contributed by atoms with van der Waals surface area (Å²) in [5, 5.41) is 11.2. The van der Waals surface area contributed by atoms with E-state index in [4.69, 9.17) is 20.9 Å². The van der Waals surface area contributed by atoms with Gasteiger partial charge in [-0.1, -0.05) is 42.7 Å². The molecule has 0 unspecified atom stereocenters. The minimum Gasteiger partial charge on any atom is -0.381 e. The normalized spacial score (nSPS) is 11.8. The van der Waals surface area contributed by atoms with E-state index in [1.54, 1.807) is 0 Å². The minimum atomic E-state index is 0.541. The predicted molar refractivity (Wildman–Crippen MR) is 113 cm³/mol. The highest BCUT2D eigenvalue weighted by Gasteiger charge is 2.09. The van der Waals surface area contributed by atoms with E-state index < -0.39 is 0 Å². The van der Waals surface area contributed by atoms with Gasteiger partial charge in [0, 0.05) is 49.9 Å². The van der Waals surface area contributed by atoms with Crippen LogP contribution in [0.15, 0.2) is 33.8 Å². The van der Waals surface area contributed by atoms with Crippen LogP contribution < -0.4 is 10.6 Å². The summed E-state index contributed by atoms with van der Waals surface area (Å²) in [6.07, 6.45) is 1.51. The first-order valence-corrected chi connectivity index (χ1v) is 10.1.